The second-order valence-electron chi connectivity index (χ2n) is 5.41. The summed E-state index contributed by atoms with van der Waals surface area (Å²) in [6, 6.07) is 14.6. The highest BCUT2D eigenvalue weighted by atomic mass is 16.5. The van der Waals surface area contributed by atoms with Gasteiger partial charge in [-0.2, -0.15) is 0 Å². The Kier molecular flexibility index (Phi) is 5.17. The molecule has 0 spiro atoms. The first-order chi connectivity index (χ1) is 10.5. The van der Waals surface area contributed by atoms with Gasteiger partial charge in [0.1, 0.15) is 11.8 Å². The summed E-state index contributed by atoms with van der Waals surface area (Å²) in [5, 5.41) is 9.56. The summed E-state index contributed by atoms with van der Waals surface area (Å²) in [5.41, 5.74) is 2.95. The lowest BCUT2D eigenvalue weighted by Gasteiger charge is -2.25. The predicted molar refractivity (Wildman–Crippen MR) is 86.0 cm³/mol. The Morgan fingerprint density at radius 3 is 2.23 bits per heavy atom. The summed E-state index contributed by atoms with van der Waals surface area (Å²) in [5.74, 6) is -0.0559. The van der Waals surface area contributed by atoms with Crippen LogP contribution < -0.4 is 4.74 Å². The van der Waals surface area contributed by atoms with Gasteiger partial charge in [0.15, 0.2) is 0 Å². The van der Waals surface area contributed by atoms with Gasteiger partial charge in [0.05, 0.1) is 7.11 Å². The van der Waals surface area contributed by atoms with Crippen LogP contribution in [0.5, 0.6) is 5.75 Å². The van der Waals surface area contributed by atoms with Gasteiger partial charge in [-0.05, 0) is 37.2 Å². The average Bonchev–Trinajstić information content (AvgIpc) is 2.50. The van der Waals surface area contributed by atoms with Gasteiger partial charge in [0.25, 0.3) is 0 Å². The van der Waals surface area contributed by atoms with Crippen LogP contribution in [-0.4, -0.2) is 30.1 Å². The van der Waals surface area contributed by atoms with Crippen LogP contribution in [0.2, 0.25) is 0 Å². The van der Waals surface area contributed by atoms with E-state index in [2.05, 4.69) is 0 Å². The smallest absolute Gasteiger partial charge is 0.325 e. The molecule has 0 aromatic heterocycles. The fourth-order valence-corrected chi connectivity index (χ4v) is 2.44. The first kappa shape index (κ1) is 16.0. The quantitative estimate of drug-likeness (QED) is 0.889. The average molecular weight is 299 g/mol. The highest BCUT2D eigenvalue weighted by molar-refractivity contribution is 5.75. The normalized spacial score (nSPS) is 12.2. The molecule has 0 aliphatic heterocycles. The van der Waals surface area contributed by atoms with Crippen molar-refractivity contribution in [1.82, 2.24) is 4.90 Å². The van der Waals surface area contributed by atoms with Crippen LogP contribution in [0.3, 0.4) is 0 Å². The molecule has 0 heterocycles. The number of likely N-dealkylation sites (N-methyl/N-ethyl adjacent to an activating group) is 1. The number of aliphatic carboxylic acids is 1. The summed E-state index contributed by atoms with van der Waals surface area (Å²) in [7, 11) is 3.45. The number of carboxylic acid groups (broad SMARTS) is 1. The van der Waals surface area contributed by atoms with Crippen molar-refractivity contribution in [2.75, 3.05) is 14.2 Å². The van der Waals surface area contributed by atoms with Crippen LogP contribution in [0.4, 0.5) is 0 Å². The van der Waals surface area contributed by atoms with Crippen molar-refractivity contribution >= 4 is 5.97 Å². The number of ether oxygens (including phenoxy) is 1. The molecule has 4 nitrogen and oxygen atoms in total. The lowest BCUT2D eigenvalue weighted by atomic mass is 10.0. The molecule has 0 saturated carbocycles. The van der Waals surface area contributed by atoms with Crippen LogP contribution in [0.1, 0.15) is 22.7 Å². The molecule has 0 bridgehead atoms. The van der Waals surface area contributed by atoms with Crippen molar-refractivity contribution < 1.29 is 14.6 Å². The summed E-state index contributed by atoms with van der Waals surface area (Å²) < 4.78 is 5.13. The molecule has 0 radical (unpaired) electrons. The van der Waals surface area contributed by atoms with Crippen molar-refractivity contribution in [2.24, 2.45) is 0 Å². The number of carbonyl (C=O) groups is 1. The van der Waals surface area contributed by atoms with E-state index in [-0.39, 0.29) is 0 Å². The van der Waals surface area contributed by atoms with E-state index in [1.165, 1.54) is 0 Å². The third-order valence-corrected chi connectivity index (χ3v) is 3.66. The Morgan fingerprint density at radius 2 is 1.73 bits per heavy atom. The highest BCUT2D eigenvalue weighted by Gasteiger charge is 2.24. The summed E-state index contributed by atoms with van der Waals surface area (Å²) in [4.78, 5) is 13.5. The molecule has 2 rings (SSSR count). The van der Waals surface area contributed by atoms with E-state index in [1.54, 1.807) is 7.11 Å². The van der Waals surface area contributed by atoms with Gasteiger partial charge in [-0.15, -0.1) is 0 Å². The van der Waals surface area contributed by atoms with Gasteiger partial charge in [0, 0.05) is 6.54 Å². The standard InChI is InChI=1S/C18H21NO3/c1-13-4-8-15(9-5-13)17(18(20)21)19(2)12-14-6-10-16(22-3)11-7-14/h4-11,17H,12H2,1-3H3,(H,20,21). The molecule has 2 aromatic rings. The molecule has 0 saturated heterocycles. The molecule has 1 N–H and O–H groups in total. The maximum absolute atomic E-state index is 11.7. The number of hydrogen-bond donors (Lipinski definition) is 1. The van der Waals surface area contributed by atoms with Crippen molar-refractivity contribution in [1.29, 1.82) is 0 Å². The molecule has 22 heavy (non-hydrogen) atoms. The van der Waals surface area contributed by atoms with Crippen LogP contribution in [0.15, 0.2) is 48.5 Å². The minimum Gasteiger partial charge on any atom is -0.497 e. The maximum Gasteiger partial charge on any atom is 0.325 e. The fourth-order valence-electron chi connectivity index (χ4n) is 2.44. The number of hydrogen-bond acceptors (Lipinski definition) is 3. The molecule has 0 fully saturated rings. The molecule has 0 aliphatic carbocycles. The van der Waals surface area contributed by atoms with Crippen molar-refractivity contribution in [2.45, 2.75) is 19.5 Å². The van der Waals surface area contributed by atoms with Gasteiger partial charge in [-0.1, -0.05) is 42.0 Å². The van der Waals surface area contributed by atoms with E-state index in [1.807, 2.05) is 67.4 Å². The molecule has 0 amide bonds. The van der Waals surface area contributed by atoms with Gasteiger partial charge in [-0.25, -0.2) is 0 Å². The molecule has 4 heteroatoms. The van der Waals surface area contributed by atoms with Gasteiger partial charge < -0.3 is 9.84 Å². The highest BCUT2D eigenvalue weighted by Crippen LogP contribution is 2.23. The number of nitrogens with zero attached hydrogens (tertiary/aromatic N) is 1. The minimum absolute atomic E-state index is 0.550. The molecular formula is C18H21NO3. The van der Waals surface area contributed by atoms with E-state index in [0.717, 1.165) is 22.4 Å². The fraction of sp³-hybridized carbons (Fsp3) is 0.278. The van der Waals surface area contributed by atoms with E-state index < -0.39 is 12.0 Å². The molecule has 1 atom stereocenters. The Morgan fingerprint density at radius 1 is 1.14 bits per heavy atom. The Labute approximate surface area is 131 Å². The summed E-state index contributed by atoms with van der Waals surface area (Å²) in [6.07, 6.45) is 0. The zero-order chi connectivity index (χ0) is 16.1. The van der Waals surface area contributed by atoms with Crippen molar-refractivity contribution in [3.05, 3.63) is 65.2 Å². The number of benzene rings is 2. The minimum atomic E-state index is -0.847. The van der Waals surface area contributed by atoms with E-state index in [4.69, 9.17) is 4.74 Å². The number of rotatable bonds is 6. The van der Waals surface area contributed by atoms with Crippen molar-refractivity contribution in [3.8, 4) is 5.75 Å². The lowest BCUT2D eigenvalue weighted by Crippen LogP contribution is -2.30. The van der Waals surface area contributed by atoms with Crippen LogP contribution in [0, 0.1) is 6.92 Å². The second-order valence-corrected chi connectivity index (χ2v) is 5.41. The zero-order valence-corrected chi connectivity index (χ0v) is 13.1. The predicted octanol–water partition coefficient (Wildman–Crippen LogP) is 3.26. The first-order valence-corrected chi connectivity index (χ1v) is 7.14. The summed E-state index contributed by atoms with van der Waals surface area (Å²) in [6.45, 7) is 2.54. The number of aryl methyl sites for hydroxylation is 1. The topological polar surface area (TPSA) is 49.8 Å². The van der Waals surface area contributed by atoms with Crippen LogP contribution in [-0.2, 0) is 11.3 Å². The number of carboxylic acids is 1. The van der Waals surface area contributed by atoms with Gasteiger partial charge in [0.2, 0.25) is 0 Å². The van der Waals surface area contributed by atoms with E-state index in [9.17, 15) is 9.90 Å². The molecule has 2 aromatic carbocycles. The van der Waals surface area contributed by atoms with E-state index >= 15 is 0 Å². The Hall–Kier alpha value is -2.33. The van der Waals surface area contributed by atoms with E-state index in [0.29, 0.717) is 6.54 Å². The van der Waals surface area contributed by atoms with Crippen LogP contribution >= 0.6 is 0 Å². The molecular weight excluding hydrogens is 278 g/mol. The number of methoxy groups -OCH3 is 1. The lowest BCUT2D eigenvalue weighted by molar-refractivity contribution is -0.143. The summed E-state index contributed by atoms with van der Waals surface area (Å²) >= 11 is 0. The Bertz CT molecular complexity index is 620. The second kappa shape index (κ2) is 7.09. The van der Waals surface area contributed by atoms with Gasteiger partial charge in [-0.3, -0.25) is 9.69 Å². The first-order valence-electron chi connectivity index (χ1n) is 7.14. The Balaban J connectivity index is 2.17. The van der Waals surface area contributed by atoms with Gasteiger partial charge >= 0.3 is 5.97 Å². The zero-order valence-electron chi connectivity index (χ0n) is 13.1. The maximum atomic E-state index is 11.7. The third kappa shape index (κ3) is 3.86. The monoisotopic (exact) mass is 299 g/mol. The third-order valence-electron chi connectivity index (χ3n) is 3.66. The van der Waals surface area contributed by atoms with Crippen LogP contribution in [0.25, 0.3) is 0 Å². The van der Waals surface area contributed by atoms with Crippen molar-refractivity contribution in [3.63, 3.8) is 0 Å². The molecule has 1 unspecified atom stereocenters. The molecule has 0 aliphatic rings. The SMILES string of the molecule is COc1ccc(CN(C)C(C(=O)O)c2ccc(C)cc2)cc1. The molecule has 116 valence electrons. The largest absolute Gasteiger partial charge is 0.497 e.